The molecule has 17 heavy (non-hydrogen) atoms. The summed E-state index contributed by atoms with van der Waals surface area (Å²) in [5.41, 5.74) is 7.76. The van der Waals surface area contributed by atoms with Crippen molar-refractivity contribution in [2.45, 2.75) is 31.6 Å². The topological polar surface area (TPSA) is 55.1 Å². The van der Waals surface area contributed by atoms with E-state index in [9.17, 15) is 4.79 Å². The SMILES string of the molecule is NC(=O)CCc1ccc(C2CCNCC2)cc1. The summed E-state index contributed by atoms with van der Waals surface area (Å²) < 4.78 is 0. The van der Waals surface area contributed by atoms with Gasteiger partial charge in [0.15, 0.2) is 0 Å². The van der Waals surface area contributed by atoms with Gasteiger partial charge in [0.2, 0.25) is 5.91 Å². The minimum absolute atomic E-state index is 0.229. The Bertz CT molecular complexity index is 366. The highest BCUT2D eigenvalue weighted by Crippen LogP contribution is 2.25. The number of aryl methyl sites for hydroxylation is 1. The third kappa shape index (κ3) is 3.56. The molecule has 1 saturated heterocycles. The summed E-state index contributed by atoms with van der Waals surface area (Å²) in [4.78, 5) is 10.7. The van der Waals surface area contributed by atoms with E-state index in [-0.39, 0.29) is 5.91 Å². The van der Waals surface area contributed by atoms with Crippen LogP contribution < -0.4 is 11.1 Å². The molecule has 3 N–H and O–H groups in total. The van der Waals surface area contributed by atoms with Crippen LogP contribution in [0, 0.1) is 0 Å². The van der Waals surface area contributed by atoms with Crippen molar-refractivity contribution in [3.63, 3.8) is 0 Å². The Kier molecular flexibility index (Phi) is 4.15. The highest BCUT2D eigenvalue weighted by atomic mass is 16.1. The standard InChI is InChI=1S/C14H20N2O/c15-14(17)6-3-11-1-4-12(5-2-11)13-7-9-16-10-8-13/h1-2,4-5,13,16H,3,6-10H2,(H2,15,17). The van der Waals surface area contributed by atoms with Crippen LogP contribution in [0.25, 0.3) is 0 Å². The minimum atomic E-state index is -0.229. The van der Waals surface area contributed by atoms with Gasteiger partial charge in [-0.25, -0.2) is 0 Å². The van der Waals surface area contributed by atoms with Crippen LogP contribution in [0.3, 0.4) is 0 Å². The van der Waals surface area contributed by atoms with Crippen LogP contribution in [-0.4, -0.2) is 19.0 Å². The van der Waals surface area contributed by atoms with E-state index in [1.807, 2.05) is 0 Å². The molecule has 0 radical (unpaired) electrons. The lowest BCUT2D eigenvalue weighted by atomic mass is 9.89. The van der Waals surface area contributed by atoms with Gasteiger partial charge in [0.05, 0.1) is 0 Å². The van der Waals surface area contributed by atoms with Crippen molar-refractivity contribution in [2.24, 2.45) is 5.73 Å². The van der Waals surface area contributed by atoms with Gasteiger partial charge in [-0.1, -0.05) is 24.3 Å². The summed E-state index contributed by atoms with van der Waals surface area (Å²) in [7, 11) is 0. The van der Waals surface area contributed by atoms with Gasteiger partial charge >= 0.3 is 0 Å². The van der Waals surface area contributed by atoms with Gasteiger partial charge in [-0.15, -0.1) is 0 Å². The van der Waals surface area contributed by atoms with Gasteiger partial charge in [-0.2, -0.15) is 0 Å². The molecular formula is C14H20N2O. The highest BCUT2D eigenvalue weighted by molar-refractivity contribution is 5.73. The Morgan fingerprint density at radius 3 is 2.47 bits per heavy atom. The zero-order valence-corrected chi connectivity index (χ0v) is 10.1. The molecule has 0 aliphatic carbocycles. The van der Waals surface area contributed by atoms with E-state index in [0.717, 1.165) is 19.5 Å². The largest absolute Gasteiger partial charge is 0.370 e. The van der Waals surface area contributed by atoms with E-state index in [0.29, 0.717) is 12.3 Å². The number of nitrogens with two attached hydrogens (primary N) is 1. The maximum atomic E-state index is 10.7. The number of piperidine rings is 1. The molecule has 1 aromatic carbocycles. The van der Waals surface area contributed by atoms with Crippen molar-refractivity contribution >= 4 is 5.91 Å². The van der Waals surface area contributed by atoms with Gasteiger partial charge in [-0.3, -0.25) is 4.79 Å². The molecule has 0 saturated carbocycles. The molecule has 0 unspecified atom stereocenters. The van der Waals surface area contributed by atoms with Crippen molar-refractivity contribution in [1.82, 2.24) is 5.32 Å². The second-order valence-corrected chi connectivity index (χ2v) is 4.73. The lowest BCUT2D eigenvalue weighted by molar-refractivity contribution is -0.117. The second-order valence-electron chi connectivity index (χ2n) is 4.73. The van der Waals surface area contributed by atoms with E-state index < -0.39 is 0 Å². The maximum Gasteiger partial charge on any atom is 0.217 e. The van der Waals surface area contributed by atoms with Crippen LogP contribution in [0.2, 0.25) is 0 Å². The van der Waals surface area contributed by atoms with Gasteiger partial charge in [0, 0.05) is 6.42 Å². The molecular weight excluding hydrogens is 212 g/mol. The number of rotatable bonds is 4. The fourth-order valence-electron chi connectivity index (χ4n) is 2.38. The Balaban J connectivity index is 1.94. The van der Waals surface area contributed by atoms with Crippen molar-refractivity contribution in [1.29, 1.82) is 0 Å². The fraction of sp³-hybridized carbons (Fsp3) is 0.500. The molecule has 2 rings (SSSR count). The monoisotopic (exact) mass is 232 g/mol. The summed E-state index contributed by atoms with van der Waals surface area (Å²) in [6, 6.07) is 8.65. The molecule has 1 aliphatic heterocycles. The number of carbonyl (C=O) groups is 1. The van der Waals surface area contributed by atoms with Crippen LogP contribution in [0.15, 0.2) is 24.3 Å². The van der Waals surface area contributed by atoms with E-state index >= 15 is 0 Å². The third-order valence-corrected chi connectivity index (χ3v) is 3.45. The first-order valence-electron chi connectivity index (χ1n) is 6.33. The van der Waals surface area contributed by atoms with Crippen molar-refractivity contribution in [3.8, 4) is 0 Å². The Labute approximate surface area is 102 Å². The molecule has 1 aliphatic rings. The predicted octanol–water partition coefficient (Wildman–Crippen LogP) is 1.57. The van der Waals surface area contributed by atoms with Crippen molar-refractivity contribution in [3.05, 3.63) is 35.4 Å². The number of hydrogen-bond donors (Lipinski definition) is 2. The van der Waals surface area contributed by atoms with Gasteiger partial charge < -0.3 is 11.1 Å². The van der Waals surface area contributed by atoms with Gasteiger partial charge in [0.1, 0.15) is 0 Å². The molecule has 1 aromatic rings. The molecule has 1 heterocycles. The molecule has 0 atom stereocenters. The number of nitrogens with one attached hydrogen (secondary N) is 1. The Morgan fingerprint density at radius 1 is 1.24 bits per heavy atom. The second kappa shape index (κ2) is 5.82. The van der Waals surface area contributed by atoms with Gasteiger partial charge in [-0.05, 0) is 49.4 Å². The average molecular weight is 232 g/mol. The van der Waals surface area contributed by atoms with Crippen LogP contribution in [-0.2, 0) is 11.2 Å². The lowest BCUT2D eigenvalue weighted by Gasteiger charge is -2.23. The quantitative estimate of drug-likeness (QED) is 0.828. The molecule has 1 amide bonds. The smallest absolute Gasteiger partial charge is 0.217 e. The number of hydrogen-bond acceptors (Lipinski definition) is 2. The molecule has 3 nitrogen and oxygen atoms in total. The summed E-state index contributed by atoms with van der Waals surface area (Å²) in [6.45, 7) is 2.24. The first kappa shape index (κ1) is 12.1. The van der Waals surface area contributed by atoms with E-state index in [2.05, 4.69) is 29.6 Å². The third-order valence-electron chi connectivity index (χ3n) is 3.45. The molecule has 0 spiro atoms. The van der Waals surface area contributed by atoms with Crippen molar-refractivity contribution < 1.29 is 4.79 Å². The average Bonchev–Trinajstić information content (AvgIpc) is 2.38. The molecule has 92 valence electrons. The summed E-state index contributed by atoms with van der Waals surface area (Å²) in [6.07, 6.45) is 3.63. The predicted molar refractivity (Wildman–Crippen MR) is 68.8 cm³/mol. The first-order chi connectivity index (χ1) is 8.25. The summed E-state index contributed by atoms with van der Waals surface area (Å²) in [5, 5.41) is 3.38. The number of carbonyl (C=O) groups excluding carboxylic acids is 1. The van der Waals surface area contributed by atoms with Crippen LogP contribution in [0.1, 0.15) is 36.3 Å². The first-order valence-corrected chi connectivity index (χ1v) is 6.33. The molecule has 0 bridgehead atoms. The number of amides is 1. The van der Waals surface area contributed by atoms with Gasteiger partial charge in [0.25, 0.3) is 0 Å². The van der Waals surface area contributed by atoms with E-state index in [1.165, 1.54) is 24.0 Å². The van der Waals surface area contributed by atoms with Crippen molar-refractivity contribution in [2.75, 3.05) is 13.1 Å². The lowest BCUT2D eigenvalue weighted by Crippen LogP contribution is -2.26. The van der Waals surface area contributed by atoms with Crippen LogP contribution in [0.5, 0.6) is 0 Å². The van der Waals surface area contributed by atoms with E-state index in [1.54, 1.807) is 0 Å². The fourth-order valence-corrected chi connectivity index (χ4v) is 2.38. The summed E-state index contributed by atoms with van der Waals surface area (Å²) in [5.74, 6) is 0.467. The number of primary amides is 1. The summed E-state index contributed by atoms with van der Waals surface area (Å²) >= 11 is 0. The zero-order valence-electron chi connectivity index (χ0n) is 10.1. The molecule has 1 fully saturated rings. The van der Waals surface area contributed by atoms with Crippen LogP contribution >= 0.6 is 0 Å². The number of benzene rings is 1. The van der Waals surface area contributed by atoms with Crippen LogP contribution in [0.4, 0.5) is 0 Å². The molecule has 3 heteroatoms. The normalized spacial score (nSPS) is 16.9. The molecule has 0 aromatic heterocycles. The Morgan fingerprint density at radius 2 is 1.88 bits per heavy atom. The van der Waals surface area contributed by atoms with E-state index in [4.69, 9.17) is 5.73 Å². The maximum absolute atomic E-state index is 10.7. The highest BCUT2D eigenvalue weighted by Gasteiger charge is 2.14. The zero-order chi connectivity index (χ0) is 12.1. The minimum Gasteiger partial charge on any atom is -0.370 e. The Hall–Kier alpha value is -1.35.